The van der Waals surface area contributed by atoms with Crippen molar-refractivity contribution in [1.29, 1.82) is 0 Å². The van der Waals surface area contributed by atoms with Crippen molar-refractivity contribution in [3.8, 4) is 16.9 Å². The highest BCUT2D eigenvalue weighted by molar-refractivity contribution is 6.60. The standard InChI is InChI=1S/C19H17BO3/c21-20(22)19-9-5-4-8-18(19)16-10-12-17(13-11-16)23-14-15-6-2-1-3-7-15/h1-13,21-22H,14H2. The van der Waals surface area contributed by atoms with Crippen LogP contribution in [0, 0.1) is 0 Å². The summed E-state index contributed by atoms with van der Waals surface area (Å²) < 4.78 is 5.76. The van der Waals surface area contributed by atoms with Crippen LogP contribution in [0.15, 0.2) is 78.9 Å². The molecule has 0 saturated carbocycles. The van der Waals surface area contributed by atoms with Crippen molar-refractivity contribution < 1.29 is 14.8 Å². The molecular weight excluding hydrogens is 287 g/mol. The Morgan fingerprint density at radius 2 is 1.39 bits per heavy atom. The van der Waals surface area contributed by atoms with Crippen LogP contribution in [0.25, 0.3) is 11.1 Å². The summed E-state index contributed by atoms with van der Waals surface area (Å²) in [6.45, 7) is 0.520. The van der Waals surface area contributed by atoms with E-state index in [1.54, 1.807) is 12.1 Å². The van der Waals surface area contributed by atoms with Crippen LogP contribution in [-0.4, -0.2) is 17.2 Å². The SMILES string of the molecule is OB(O)c1ccccc1-c1ccc(OCc2ccccc2)cc1. The van der Waals surface area contributed by atoms with Crippen LogP contribution in [0.5, 0.6) is 5.75 Å². The molecule has 23 heavy (non-hydrogen) atoms. The van der Waals surface area contributed by atoms with E-state index in [-0.39, 0.29) is 0 Å². The van der Waals surface area contributed by atoms with Crippen LogP contribution >= 0.6 is 0 Å². The van der Waals surface area contributed by atoms with Gasteiger partial charge in [0.25, 0.3) is 0 Å². The molecule has 3 aromatic carbocycles. The van der Waals surface area contributed by atoms with Crippen molar-refractivity contribution in [3.63, 3.8) is 0 Å². The number of ether oxygens (including phenoxy) is 1. The maximum atomic E-state index is 9.46. The molecule has 0 aliphatic rings. The second-order valence-corrected chi connectivity index (χ2v) is 5.26. The van der Waals surface area contributed by atoms with Crippen LogP contribution in [0.1, 0.15) is 5.56 Å². The molecular formula is C19H17BO3. The third-order valence-corrected chi connectivity index (χ3v) is 3.65. The fourth-order valence-corrected chi connectivity index (χ4v) is 2.46. The van der Waals surface area contributed by atoms with Gasteiger partial charge in [-0.1, -0.05) is 66.7 Å². The van der Waals surface area contributed by atoms with Crippen molar-refractivity contribution in [2.24, 2.45) is 0 Å². The summed E-state index contributed by atoms with van der Waals surface area (Å²) in [6, 6.07) is 24.8. The van der Waals surface area contributed by atoms with Gasteiger partial charge in [-0.2, -0.15) is 0 Å². The van der Waals surface area contributed by atoms with Gasteiger partial charge in [-0.3, -0.25) is 0 Å². The number of benzene rings is 3. The zero-order valence-corrected chi connectivity index (χ0v) is 12.6. The fourth-order valence-electron chi connectivity index (χ4n) is 2.46. The molecule has 0 fully saturated rings. The van der Waals surface area contributed by atoms with E-state index in [4.69, 9.17) is 4.74 Å². The molecule has 0 bridgehead atoms. The Kier molecular flexibility index (Phi) is 4.76. The molecule has 0 unspecified atom stereocenters. The minimum Gasteiger partial charge on any atom is -0.489 e. The molecule has 0 atom stereocenters. The van der Waals surface area contributed by atoms with Crippen LogP contribution in [0.4, 0.5) is 0 Å². The highest BCUT2D eigenvalue weighted by Gasteiger charge is 2.16. The first-order valence-corrected chi connectivity index (χ1v) is 7.46. The summed E-state index contributed by atoms with van der Waals surface area (Å²) >= 11 is 0. The Labute approximate surface area is 136 Å². The number of rotatable bonds is 5. The van der Waals surface area contributed by atoms with Crippen molar-refractivity contribution in [2.75, 3.05) is 0 Å². The topological polar surface area (TPSA) is 49.7 Å². The molecule has 0 aliphatic carbocycles. The molecule has 0 saturated heterocycles. The van der Waals surface area contributed by atoms with Gasteiger partial charge in [-0.05, 0) is 34.3 Å². The van der Waals surface area contributed by atoms with Crippen molar-refractivity contribution in [3.05, 3.63) is 84.4 Å². The summed E-state index contributed by atoms with van der Waals surface area (Å²) in [7, 11) is -1.49. The van der Waals surface area contributed by atoms with E-state index in [2.05, 4.69) is 0 Å². The number of hydrogen-bond acceptors (Lipinski definition) is 3. The normalized spacial score (nSPS) is 10.3. The van der Waals surface area contributed by atoms with Crippen LogP contribution < -0.4 is 10.2 Å². The summed E-state index contributed by atoms with van der Waals surface area (Å²) in [4.78, 5) is 0. The predicted molar refractivity (Wildman–Crippen MR) is 92.5 cm³/mol. The van der Waals surface area contributed by atoms with E-state index < -0.39 is 7.12 Å². The van der Waals surface area contributed by atoms with E-state index in [1.165, 1.54) is 0 Å². The minimum absolute atomic E-state index is 0.491. The average molecular weight is 304 g/mol. The quantitative estimate of drug-likeness (QED) is 0.712. The molecule has 2 N–H and O–H groups in total. The summed E-state index contributed by atoms with van der Waals surface area (Å²) in [5.41, 5.74) is 3.33. The zero-order valence-electron chi connectivity index (χ0n) is 12.6. The van der Waals surface area contributed by atoms with Crippen molar-refractivity contribution >= 4 is 12.6 Å². The molecule has 3 nitrogen and oxygen atoms in total. The lowest BCUT2D eigenvalue weighted by molar-refractivity contribution is 0.306. The van der Waals surface area contributed by atoms with Gasteiger partial charge < -0.3 is 14.8 Å². The number of hydrogen-bond donors (Lipinski definition) is 2. The van der Waals surface area contributed by atoms with Gasteiger partial charge in [0, 0.05) is 0 Å². The Morgan fingerprint density at radius 1 is 0.739 bits per heavy atom. The molecule has 114 valence electrons. The molecule has 3 aromatic rings. The summed E-state index contributed by atoms with van der Waals surface area (Å²) in [5.74, 6) is 0.777. The van der Waals surface area contributed by atoms with Gasteiger partial charge in [0.15, 0.2) is 0 Å². The van der Waals surface area contributed by atoms with Gasteiger partial charge in [0.05, 0.1) is 0 Å². The Hall–Kier alpha value is -2.56. The first kappa shape index (κ1) is 15.3. The lowest BCUT2D eigenvalue weighted by Crippen LogP contribution is -2.31. The van der Waals surface area contributed by atoms with E-state index in [0.29, 0.717) is 12.1 Å². The van der Waals surface area contributed by atoms with Gasteiger partial charge in [0.1, 0.15) is 12.4 Å². The third kappa shape index (κ3) is 3.80. The third-order valence-electron chi connectivity index (χ3n) is 3.65. The fraction of sp³-hybridized carbons (Fsp3) is 0.0526. The van der Waals surface area contributed by atoms with Gasteiger partial charge in [-0.25, -0.2) is 0 Å². The monoisotopic (exact) mass is 304 g/mol. The molecule has 4 heteroatoms. The first-order valence-electron chi connectivity index (χ1n) is 7.46. The maximum absolute atomic E-state index is 9.46. The zero-order chi connectivity index (χ0) is 16.1. The summed E-state index contributed by atoms with van der Waals surface area (Å²) in [6.07, 6.45) is 0. The maximum Gasteiger partial charge on any atom is 0.489 e. The van der Waals surface area contributed by atoms with E-state index in [9.17, 15) is 10.0 Å². The summed E-state index contributed by atoms with van der Waals surface area (Å²) in [5, 5.41) is 18.9. The van der Waals surface area contributed by atoms with Crippen LogP contribution in [0.2, 0.25) is 0 Å². The lowest BCUT2D eigenvalue weighted by atomic mass is 9.75. The Morgan fingerprint density at radius 3 is 2.09 bits per heavy atom. The average Bonchev–Trinajstić information content (AvgIpc) is 2.61. The molecule has 0 aromatic heterocycles. The second-order valence-electron chi connectivity index (χ2n) is 5.26. The smallest absolute Gasteiger partial charge is 0.489 e. The molecule has 0 aliphatic heterocycles. The van der Waals surface area contributed by atoms with Crippen molar-refractivity contribution in [1.82, 2.24) is 0 Å². The Bertz CT molecular complexity index is 755. The van der Waals surface area contributed by atoms with E-state index in [0.717, 1.165) is 22.4 Å². The largest absolute Gasteiger partial charge is 0.489 e. The lowest BCUT2D eigenvalue weighted by Gasteiger charge is -2.10. The molecule has 3 rings (SSSR count). The minimum atomic E-state index is -1.49. The Balaban J connectivity index is 1.75. The van der Waals surface area contributed by atoms with Gasteiger partial charge >= 0.3 is 7.12 Å². The molecule has 0 spiro atoms. The first-order chi connectivity index (χ1) is 11.2. The molecule has 0 radical (unpaired) electrons. The highest BCUT2D eigenvalue weighted by Crippen LogP contribution is 2.22. The molecule has 0 amide bonds. The predicted octanol–water partition coefficient (Wildman–Crippen LogP) is 2.61. The van der Waals surface area contributed by atoms with Gasteiger partial charge in [0.2, 0.25) is 0 Å². The van der Waals surface area contributed by atoms with Crippen molar-refractivity contribution in [2.45, 2.75) is 6.61 Å². The van der Waals surface area contributed by atoms with Crippen LogP contribution in [0.3, 0.4) is 0 Å². The van der Waals surface area contributed by atoms with Gasteiger partial charge in [-0.15, -0.1) is 0 Å². The van der Waals surface area contributed by atoms with Crippen LogP contribution in [-0.2, 0) is 6.61 Å². The highest BCUT2D eigenvalue weighted by atomic mass is 16.5. The van der Waals surface area contributed by atoms with E-state index >= 15 is 0 Å². The molecule has 0 heterocycles. The second kappa shape index (κ2) is 7.14. The van der Waals surface area contributed by atoms with E-state index in [1.807, 2.05) is 66.7 Å².